The van der Waals surface area contributed by atoms with E-state index in [0.717, 1.165) is 15.1 Å². The fourth-order valence-corrected chi connectivity index (χ4v) is 3.59. The van der Waals surface area contributed by atoms with Gasteiger partial charge in [-0.25, -0.2) is 4.98 Å². The van der Waals surface area contributed by atoms with Gasteiger partial charge in [0.05, 0.1) is 16.3 Å². The van der Waals surface area contributed by atoms with E-state index in [1.807, 2.05) is 12.1 Å². The third-order valence-electron chi connectivity index (χ3n) is 3.27. The number of hydrogen-bond donors (Lipinski definition) is 1. The van der Waals surface area contributed by atoms with Crippen LogP contribution in [0.4, 0.5) is 5.13 Å². The van der Waals surface area contributed by atoms with Crippen LogP contribution >= 0.6 is 27.3 Å². The Morgan fingerprint density at radius 2 is 1.90 bits per heavy atom. The van der Waals surface area contributed by atoms with Crippen LogP contribution in [0.1, 0.15) is 24.1 Å². The van der Waals surface area contributed by atoms with Gasteiger partial charge >= 0.3 is 0 Å². The van der Waals surface area contributed by atoms with Crippen molar-refractivity contribution in [1.29, 1.82) is 0 Å². The van der Waals surface area contributed by atoms with Crippen LogP contribution in [0.5, 0.6) is 0 Å². The summed E-state index contributed by atoms with van der Waals surface area (Å²) in [6, 6.07) is 15.0. The number of fused-ring (bicyclic) bond motifs is 1. The molecule has 0 saturated carbocycles. The van der Waals surface area contributed by atoms with Crippen molar-refractivity contribution in [1.82, 2.24) is 4.98 Å². The maximum Gasteiger partial charge on any atom is 0.184 e. The van der Waals surface area contributed by atoms with Crippen molar-refractivity contribution in [3.05, 3.63) is 58.1 Å². The Hall–Kier alpha value is -1.39. The van der Waals surface area contributed by atoms with Crippen LogP contribution in [0.25, 0.3) is 10.2 Å². The van der Waals surface area contributed by atoms with Crippen LogP contribution in [-0.2, 0) is 0 Å². The lowest BCUT2D eigenvalue weighted by molar-refractivity contribution is 0.882. The monoisotopic (exact) mass is 346 g/mol. The molecule has 1 N–H and O–H groups in total. The fraction of sp³-hybridized carbons (Fsp3) is 0.188. The number of anilines is 1. The lowest BCUT2D eigenvalue weighted by Gasteiger charge is -2.13. The first-order chi connectivity index (χ1) is 9.61. The Bertz CT molecular complexity index is 734. The minimum Gasteiger partial charge on any atom is -0.355 e. The van der Waals surface area contributed by atoms with Crippen LogP contribution in [0, 0.1) is 6.92 Å². The van der Waals surface area contributed by atoms with Crippen molar-refractivity contribution in [2.75, 3.05) is 5.32 Å². The van der Waals surface area contributed by atoms with E-state index in [9.17, 15) is 0 Å². The lowest BCUT2D eigenvalue weighted by Crippen LogP contribution is -2.05. The largest absolute Gasteiger partial charge is 0.355 e. The summed E-state index contributed by atoms with van der Waals surface area (Å²) in [5.41, 5.74) is 3.60. The molecule has 1 atom stereocenters. The van der Waals surface area contributed by atoms with E-state index in [-0.39, 0.29) is 6.04 Å². The van der Waals surface area contributed by atoms with Crippen LogP contribution in [0.2, 0.25) is 0 Å². The zero-order chi connectivity index (χ0) is 14.1. The van der Waals surface area contributed by atoms with Gasteiger partial charge in [0, 0.05) is 4.47 Å². The molecule has 0 saturated heterocycles. The summed E-state index contributed by atoms with van der Waals surface area (Å²) in [6.45, 7) is 4.26. The second-order valence-corrected chi connectivity index (χ2v) is 6.85. The molecule has 0 spiro atoms. The number of aromatic nitrogens is 1. The molecule has 20 heavy (non-hydrogen) atoms. The first kappa shape index (κ1) is 13.6. The number of nitrogens with one attached hydrogen (secondary N) is 1. The number of benzene rings is 2. The van der Waals surface area contributed by atoms with Crippen molar-refractivity contribution in [2.24, 2.45) is 0 Å². The average Bonchev–Trinajstić information content (AvgIpc) is 2.80. The molecule has 0 radical (unpaired) electrons. The smallest absolute Gasteiger partial charge is 0.184 e. The number of nitrogens with zero attached hydrogens (tertiary/aromatic N) is 1. The summed E-state index contributed by atoms with van der Waals surface area (Å²) >= 11 is 5.18. The number of halogens is 1. The SMILES string of the molecule is Cc1ccc(C(C)Nc2nc3ccc(Br)cc3s2)cc1. The summed E-state index contributed by atoms with van der Waals surface area (Å²) in [4.78, 5) is 4.62. The molecule has 3 aromatic rings. The molecule has 1 aromatic heterocycles. The number of aryl methyl sites for hydroxylation is 1. The van der Waals surface area contributed by atoms with Gasteiger partial charge in [-0.2, -0.15) is 0 Å². The Morgan fingerprint density at radius 3 is 2.65 bits per heavy atom. The fourth-order valence-electron chi connectivity index (χ4n) is 2.08. The van der Waals surface area contributed by atoms with Crippen molar-refractivity contribution < 1.29 is 0 Å². The first-order valence-corrected chi connectivity index (χ1v) is 8.12. The number of rotatable bonds is 3. The van der Waals surface area contributed by atoms with Gasteiger partial charge in [0.25, 0.3) is 0 Å². The second-order valence-electron chi connectivity index (χ2n) is 4.91. The van der Waals surface area contributed by atoms with Crippen molar-refractivity contribution in [2.45, 2.75) is 19.9 Å². The molecular formula is C16H15BrN2S. The van der Waals surface area contributed by atoms with E-state index in [2.05, 4.69) is 70.4 Å². The predicted molar refractivity (Wildman–Crippen MR) is 90.5 cm³/mol. The van der Waals surface area contributed by atoms with E-state index < -0.39 is 0 Å². The van der Waals surface area contributed by atoms with Gasteiger partial charge in [0.1, 0.15) is 0 Å². The summed E-state index contributed by atoms with van der Waals surface area (Å²) in [6.07, 6.45) is 0. The quantitative estimate of drug-likeness (QED) is 0.673. The number of hydrogen-bond acceptors (Lipinski definition) is 3. The van der Waals surface area contributed by atoms with Crippen molar-refractivity contribution in [3.8, 4) is 0 Å². The first-order valence-electron chi connectivity index (χ1n) is 6.51. The topological polar surface area (TPSA) is 24.9 Å². The Labute approximate surface area is 131 Å². The Morgan fingerprint density at radius 1 is 1.15 bits per heavy atom. The standard InChI is InChI=1S/C16H15BrN2S/c1-10-3-5-12(6-4-10)11(2)18-16-19-14-8-7-13(17)9-15(14)20-16/h3-9,11H,1-2H3,(H,18,19). The zero-order valence-electron chi connectivity index (χ0n) is 11.4. The molecule has 0 aliphatic heterocycles. The van der Waals surface area contributed by atoms with Crippen LogP contribution in [-0.4, -0.2) is 4.98 Å². The van der Waals surface area contributed by atoms with Crippen LogP contribution in [0.15, 0.2) is 46.9 Å². The van der Waals surface area contributed by atoms with Crippen LogP contribution < -0.4 is 5.32 Å². The van der Waals surface area contributed by atoms with Crippen molar-refractivity contribution in [3.63, 3.8) is 0 Å². The average molecular weight is 347 g/mol. The van der Waals surface area contributed by atoms with Gasteiger partial charge in [0.15, 0.2) is 5.13 Å². The van der Waals surface area contributed by atoms with E-state index >= 15 is 0 Å². The molecule has 2 nitrogen and oxygen atoms in total. The molecule has 4 heteroatoms. The van der Waals surface area contributed by atoms with Gasteiger partial charge in [-0.3, -0.25) is 0 Å². The minimum absolute atomic E-state index is 0.250. The molecule has 0 amide bonds. The summed E-state index contributed by atoms with van der Waals surface area (Å²) in [7, 11) is 0. The summed E-state index contributed by atoms with van der Waals surface area (Å²) in [5, 5.41) is 4.44. The Balaban J connectivity index is 1.83. The third kappa shape index (κ3) is 2.86. The molecule has 1 unspecified atom stereocenters. The molecular weight excluding hydrogens is 332 g/mol. The predicted octanol–water partition coefficient (Wildman–Crippen LogP) is 5.54. The molecule has 102 valence electrons. The summed E-state index contributed by atoms with van der Waals surface area (Å²) < 4.78 is 2.28. The van der Waals surface area contributed by atoms with E-state index in [0.29, 0.717) is 0 Å². The molecule has 3 rings (SSSR count). The minimum atomic E-state index is 0.250. The van der Waals surface area contributed by atoms with Gasteiger partial charge in [-0.15, -0.1) is 0 Å². The van der Waals surface area contributed by atoms with Crippen molar-refractivity contribution >= 4 is 42.6 Å². The molecule has 2 aromatic carbocycles. The highest BCUT2D eigenvalue weighted by Crippen LogP contribution is 2.30. The van der Waals surface area contributed by atoms with E-state index in [4.69, 9.17) is 0 Å². The normalized spacial score (nSPS) is 12.6. The third-order valence-corrected chi connectivity index (χ3v) is 4.71. The summed E-state index contributed by atoms with van der Waals surface area (Å²) in [5.74, 6) is 0. The highest BCUT2D eigenvalue weighted by Gasteiger charge is 2.09. The molecule has 1 heterocycles. The second kappa shape index (κ2) is 5.54. The maximum absolute atomic E-state index is 4.62. The molecule has 0 fully saturated rings. The number of thiazole rings is 1. The van der Waals surface area contributed by atoms with Gasteiger partial charge in [0.2, 0.25) is 0 Å². The zero-order valence-corrected chi connectivity index (χ0v) is 13.8. The maximum atomic E-state index is 4.62. The molecule has 0 aliphatic rings. The van der Waals surface area contributed by atoms with Crippen LogP contribution in [0.3, 0.4) is 0 Å². The van der Waals surface area contributed by atoms with E-state index in [1.54, 1.807) is 11.3 Å². The molecule has 0 bridgehead atoms. The Kier molecular flexibility index (Phi) is 3.76. The lowest BCUT2D eigenvalue weighted by atomic mass is 10.1. The highest BCUT2D eigenvalue weighted by molar-refractivity contribution is 9.10. The molecule has 0 aliphatic carbocycles. The van der Waals surface area contributed by atoms with E-state index in [1.165, 1.54) is 15.8 Å². The highest BCUT2D eigenvalue weighted by atomic mass is 79.9. The van der Waals surface area contributed by atoms with Gasteiger partial charge < -0.3 is 5.32 Å². The van der Waals surface area contributed by atoms with Gasteiger partial charge in [-0.05, 0) is 37.6 Å². The van der Waals surface area contributed by atoms with Gasteiger partial charge in [-0.1, -0.05) is 57.1 Å².